The van der Waals surface area contributed by atoms with Gasteiger partial charge in [-0.05, 0) is 86.0 Å². The molecule has 1 aliphatic carbocycles. The average Bonchev–Trinajstić information content (AvgIpc) is 3.31. The lowest BCUT2D eigenvalue weighted by molar-refractivity contribution is -0.116. The van der Waals surface area contributed by atoms with Gasteiger partial charge in [-0.15, -0.1) is 0 Å². The fourth-order valence-corrected chi connectivity index (χ4v) is 7.94. The number of aromatic nitrogens is 2. The number of likely N-dealkylation sites (tertiary alicyclic amines) is 2. The van der Waals surface area contributed by atoms with Gasteiger partial charge in [-0.3, -0.25) is 9.58 Å². The number of aryl methyl sites for hydroxylation is 1. The minimum atomic E-state index is -0.436. The van der Waals surface area contributed by atoms with E-state index in [9.17, 15) is 4.79 Å². The lowest BCUT2D eigenvalue weighted by atomic mass is 9.61. The molecule has 0 aromatic carbocycles. The predicted octanol–water partition coefficient (Wildman–Crippen LogP) is 4.62. The molecule has 0 N–H and O–H groups in total. The quantitative estimate of drug-likeness (QED) is 0.585. The maximum atomic E-state index is 12.3. The van der Waals surface area contributed by atoms with Crippen LogP contribution in [0, 0.1) is 18.3 Å². The topological polar surface area (TPSA) is 63.1 Å². The van der Waals surface area contributed by atoms with Crippen molar-refractivity contribution in [1.29, 1.82) is 0 Å². The molecule has 0 unspecified atom stereocenters. The molecule has 5 heterocycles. The lowest BCUT2D eigenvalue weighted by Crippen LogP contribution is -2.64. The number of anilines is 1. The van der Waals surface area contributed by atoms with Crippen molar-refractivity contribution in [2.75, 3.05) is 50.8 Å². The summed E-state index contributed by atoms with van der Waals surface area (Å²) in [4.78, 5) is 19.4. The first kappa shape index (κ1) is 25.5. The summed E-state index contributed by atoms with van der Waals surface area (Å²) in [6.07, 6.45) is 6.94. The number of ether oxygens (including phenoxy) is 2. The van der Waals surface area contributed by atoms with Gasteiger partial charge in [0.1, 0.15) is 5.60 Å². The van der Waals surface area contributed by atoms with E-state index in [0.29, 0.717) is 6.04 Å². The number of rotatable bonds is 4. The van der Waals surface area contributed by atoms with Gasteiger partial charge in [0.2, 0.25) is 0 Å². The zero-order chi connectivity index (χ0) is 26.2. The van der Waals surface area contributed by atoms with Gasteiger partial charge in [-0.1, -0.05) is 0 Å². The number of piperidine rings is 1. The summed E-state index contributed by atoms with van der Waals surface area (Å²) in [6.45, 7) is 19.9. The highest BCUT2D eigenvalue weighted by Gasteiger charge is 2.55. The van der Waals surface area contributed by atoms with E-state index in [4.69, 9.17) is 14.6 Å². The van der Waals surface area contributed by atoms with Crippen molar-refractivity contribution in [2.45, 2.75) is 103 Å². The number of hydrogen-bond acceptors (Lipinski definition) is 6. The van der Waals surface area contributed by atoms with Crippen molar-refractivity contribution in [2.24, 2.45) is 11.3 Å². The molecule has 2 spiro atoms. The highest BCUT2D eigenvalue weighted by atomic mass is 16.6. The van der Waals surface area contributed by atoms with Crippen LogP contribution < -0.4 is 4.90 Å². The monoisotopic (exact) mass is 513 g/mol. The molecule has 4 aliphatic heterocycles. The van der Waals surface area contributed by atoms with Crippen molar-refractivity contribution in [3.05, 3.63) is 11.8 Å². The second kappa shape index (κ2) is 8.60. The van der Waals surface area contributed by atoms with E-state index in [-0.39, 0.29) is 22.6 Å². The van der Waals surface area contributed by atoms with Gasteiger partial charge in [0.05, 0.1) is 11.6 Å². The zero-order valence-electron chi connectivity index (χ0n) is 23.9. The van der Waals surface area contributed by atoms with Crippen LogP contribution in [-0.4, -0.2) is 88.3 Å². The predicted molar refractivity (Wildman–Crippen MR) is 144 cm³/mol. The van der Waals surface area contributed by atoms with E-state index >= 15 is 0 Å². The zero-order valence-corrected chi connectivity index (χ0v) is 23.9. The van der Waals surface area contributed by atoms with E-state index < -0.39 is 5.60 Å². The molecule has 0 radical (unpaired) electrons. The molecule has 8 nitrogen and oxygen atoms in total. The Morgan fingerprint density at radius 3 is 2.51 bits per heavy atom. The summed E-state index contributed by atoms with van der Waals surface area (Å²) >= 11 is 0. The molecule has 6 rings (SSSR count). The van der Waals surface area contributed by atoms with Crippen molar-refractivity contribution in [3.63, 3.8) is 0 Å². The highest BCUT2D eigenvalue weighted by molar-refractivity contribution is 5.69. The molecule has 4 saturated heterocycles. The molecular formula is C29H47N5O3. The standard InChI is InChI=1S/C29H47N5O3/c1-21-12-24(30-34(21)23-14-28(15-23)17-32(18-28)25(35)37-26(2,3)4)33-10-8-22(13-27(33,5)6)16-31-19-29(20-31)9-7-11-36-29/h12,22-23H,7-11,13-20H2,1-6H3/t22-/m1/s1. The molecule has 1 saturated carbocycles. The van der Waals surface area contributed by atoms with Crippen LogP contribution in [0.15, 0.2) is 6.07 Å². The smallest absolute Gasteiger partial charge is 0.410 e. The second-order valence-electron chi connectivity index (χ2n) is 14.6. The average molecular weight is 514 g/mol. The van der Waals surface area contributed by atoms with Crippen LogP contribution in [0.2, 0.25) is 0 Å². The highest BCUT2D eigenvalue weighted by Crippen LogP contribution is 2.54. The van der Waals surface area contributed by atoms with Crippen LogP contribution in [-0.2, 0) is 9.47 Å². The number of nitrogens with zero attached hydrogens (tertiary/aromatic N) is 5. The lowest BCUT2D eigenvalue weighted by Gasteiger charge is -2.58. The second-order valence-corrected chi connectivity index (χ2v) is 14.6. The van der Waals surface area contributed by atoms with Crippen LogP contribution in [0.1, 0.15) is 84.9 Å². The summed E-state index contributed by atoms with van der Waals surface area (Å²) in [5, 5.41) is 5.15. The third-order valence-electron chi connectivity index (χ3n) is 9.58. The van der Waals surface area contributed by atoms with E-state index in [1.54, 1.807) is 0 Å². The number of amides is 1. The van der Waals surface area contributed by atoms with Crippen LogP contribution in [0.25, 0.3) is 0 Å². The maximum absolute atomic E-state index is 12.3. The Labute approximate surface area is 222 Å². The van der Waals surface area contributed by atoms with Crippen LogP contribution >= 0.6 is 0 Å². The third kappa shape index (κ3) is 4.77. The Morgan fingerprint density at radius 2 is 1.89 bits per heavy atom. The van der Waals surface area contributed by atoms with Gasteiger partial charge < -0.3 is 19.3 Å². The van der Waals surface area contributed by atoms with Crippen molar-refractivity contribution < 1.29 is 14.3 Å². The SMILES string of the molecule is Cc1cc(N2CC[C@@H](CN3CC4(CCCO4)C3)CC2(C)C)nn1C1CC2(C1)CN(C(=O)OC(C)(C)C)C2. The minimum absolute atomic E-state index is 0.101. The summed E-state index contributed by atoms with van der Waals surface area (Å²) < 4.78 is 13.8. The van der Waals surface area contributed by atoms with E-state index in [2.05, 4.69) is 41.3 Å². The molecule has 37 heavy (non-hydrogen) atoms. The third-order valence-corrected chi connectivity index (χ3v) is 9.58. The molecule has 5 fully saturated rings. The van der Waals surface area contributed by atoms with Gasteiger partial charge in [-0.2, -0.15) is 5.10 Å². The Balaban J connectivity index is 1.01. The number of carbonyl (C=O) groups excluding carboxylic acids is 1. The Kier molecular flexibility index (Phi) is 5.92. The van der Waals surface area contributed by atoms with E-state index in [1.807, 2.05) is 25.7 Å². The number of hydrogen-bond donors (Lipinski definition) is 0. The summed E-state index contributed by atoms with van der Waals surface area (Å²) in [6, 6.07) is 2.73. The van der Waals surface area contributed by atoms with Crippen molar-refractivity contribution in [3.8, 4) is 0 Å². The summed E-state index contributed by atoms with van der Waals surface area (Å²) in [5.41, 5.74) is 1.38. The van der Waals surface area contributed by atoms with E-state index in [1.165, 1.54) is 37.9 Å². The molecule has 1 atom stereocenters. The first-order chi connectivity index (χ1) is 17.3. The molecule has 5 aliphatic rings. The first-order valence-electron chi connectivity index (χ1n) is 14.5. The Hall–Kier alpha value is -1.80. The molecular weight excluding hydrogens is 466 g/mol. The van der Waals surface area contributed by atoms with Crippen LogP contribution in [0.3, 0.4) is 0 Å². The Bertz CT molecular complexity index is 1010. The molecule has 0 bridgehead atoms. The molecule has 1 aromatic rings. The fourth-order valence-electron chi connectivity index (χ4n) is 7.94. The Morgan fingerprint density at radius 1 is 1.16 bits per heavy atom. The minimum Gasteiger partial charge on any atom is -0.444 e. The van der Waals surface area contributed by atoms with Gasteiger partial charge in [0.15, 0.2) is 5.82 Å². The largest absolute Gasteiger partial charge is 0.444 e. The van der Waals surface area contributed by atoms with Gasteiger partial charge in [0, 0.05) is 68.6 Å². The van der Waals surface area contributed by atoms with Crippen LogP contribution in [0.4, 0.5) is 10.6 Å². The first-order valence-corrected chi connectivity index (χ1v) is 14.5. The molecule has 8 heteroatoms. The number of carbonyl (C=O) groups is 1. The fraction of sp³-hybridized carbons (Fsp3) is 0.862. The van der Waals surface area contributed by atoms with Crippen LogP contribution in [0.5, 0.6) is 0 Å². The molecule has 206 valence electrons. The van der Waals surface area contributed by atoms with E-state index in [0.717, 1.165) is 63.9 Å². The maximum Gasteiger partial charge on any atom is 0.410 e. The summed E-state index contributed by atoms with van der Waals surface area (Å²) in [7, 11) is 0. The van der Waals surface area contributed by atoms with Gasteiger partial charge in [-0.25, -0.2) is 4.79 Å². The normalized spacial score (nSPS) is 28.8. The molecule has 1 amide bonds. The van der Waals surface area contributed by atoms with Gasteiger partial charge in [0.25, 0.3) is 0 Å². The van der Waals surface area contributed by atoms with Crippen molar-refractivity contribution in [1.82, 2.24) is 19.6 Å². The summed E-state index contributed by atoms with van der Waals surface area (Å²) in [5.74, 6) is 1.87. The van der Waals surface area contributed by atoms with Gasteiger partial charge >= 0.3 is 6.09 Å². The van der Waals surface area contributed by atoms with Crippen molar-refractivity contribution >= 4 is 11.9 Å². The molecule has 1 aromatic heterocycles.